The van der Waals surface area contributed by atoms with Crippen LogP contribution >= 0.6 is 12.2 Å². The summed E-state index contributed by atoms with van der Waals surface area (Å²) in [5.74, 6) is 0.389. The van der Waals surface area contributed by atoms with E-state index < -0.39 is 0 Å². The molecule has 0 saturated carbocycles. The number of benzene rings is 2. The van der Waals surface area contributed by atoms with Crippen molar-refractivity contribution in [2.45, 2.75) is 25.9 Å². The lowest BCUT2D eigenvalue weighted by Gasteiger charge is -2.28. The Morgan fingerprint density at radius 3 is 2.49 bits per heavy atom. The molecular formula is C29H28N4O3S. The molecule has 0 unspecified atom stereocenters. The van der Waals surface area contributed by atoms with Gasteiger partial charge in [-0.2, -0.15) is 0 Å². The Bertz CT molecular complexity index is 1470. The summed E-state index contributed by atoms with van der Waals surface area (Å²) in [5, 5.41) is 4.13. The predicted molar refractivity (Wildman–Crippen MR) is 148 cm³/mol. The molecule has 1 N–H and O–H groups in total. The second-order valence-electron chi connectivity index (χ2n) is 8.90. The number of aryl methyl sites for hydroxylation is 1. The van der Waals surface area contributed by atoms with Crippen molar-refractivity contribution < 1.29 is 14.3 Å². The van der Waals surface area contributed by atoms with E-state index in [0.717, 1.165) is 39.8 Å². The molecule has 7 nitrogen and oxygen atoms in total. The number of hydrogen-bond acceptors (Lipinski definition) is 5. The van der Waals surface area contributed by atoms with Crippen LogP contribution in [-0.2, 0) is 4.74 Å². The normalized spacial score (nSPS) is 17.0. The average molecular weight is 513 g/mol. The van der Waals surface area contributed by atoms with Gasteiger partial charge in [-0.15, -0.1) is 0 Å². The number of ether oxygens (including phenoxy) is 2. The van der Waals surface area contributed by atoms with Crippen molar-refractivity contribution in [1.29, 1.82) is 0 Å². The number of methoxy groups -OCH3 is 2. The fraction of sp³-hybridized carbons (Fsp3) is 0.207. The molecule has 8 heteroatoms. The lowest BCUT2D eigenvalue weighted by Crippen LogP contribution is -2.29. The smallest absolute Gasteiger partial charge is 0.337 e. The molecule has 2 atom stereocenters. The summed E-state index contributed by atoms with van der Waals surface area (Å²) in [6.45, 7) is 4.15. The van der Waals surface area contributed by atoms with Gasteiger partial charge in [-0.05, 0) is 80.2 Å². The van der Waals surface area contributed by atoms with Crippen molar-refractivity contribution in [3.05, 3.63) is 107 Å². The molecule has 5 rings (SSSR count). The number of nitrogens with zero attached hydrogens (tertiary/aromatic N) is 3. The van der Waals surface area contributed by atoms with E-state index in [4.69, 9.17) is 21.7 Å². The van der Waals surface area contributed by atoms with Crippen molar-refractivity contribution in [2.75, 3.05) is 19.1 Å². The summed E-state index contributed by atoms with van der Waals surface area (Å²) in [6.07, 6.45) is 1.80. The topological polar surface area (TPSA) is 68.6 Å². The summed E-state index contributed by atoms with van der Waals surface area (Å²) in [6, 6.07) is 23.1. The number of thiocarbonyl (C=S) groups is 1. The van der Waals surface area contributed by atoms with Crippen LogP contribution < -0.4 is 15.0 Å². The van der Waals surface area contributed by atoms with E-state index >= 15 is 0 Å². The zero-order chi connectivity index (χ0) is 26.1. The third-order valence-corrected chi connectivity index (χ3v) is 7.06. The Labute approximate surface area is 221 Å². The molecule has 0 spiro atoms. The summed E-state index contributed by atoms with van der Waals surface area (Å²) < 4.78 is 12.6. The number of esters is 1. The van der Waals surface area contributed by atoms with Gasteiger partial charge in [0.2, 0.25) is 0 Å². The van der Waals surface area contributed by atoms with Gasteiger partial charge in [0.05, 0.1) is 37.6 Å². The summed E-state index contributed by atoms with van der Waals surface area (Å²) >= 11 is 5.88. The number of rotatable bonds is 6. The van der Waals surface area contributed by atoms with Crippen LogP contribution in [0.25, 0.3) is 5.69 Å². The molecule has 2 aromatic carbocycles. The second-order valence-corrected chi connectivity index (χ2v) is 9.29. The predicted octanol–water partition coefficient (Wildman–Crippen LogP) is 5.46. The van der Waals surface area contributed by atoms with Crippen LogP contribution in [0, 0.1) is 13.8 Å². The van der Waals surface area contributed by atoms with Gasteiger partial charge in [-0.3, -0.25) is 4.98 Å². The molecule has 0 amide bonds. The minimum Gasteiger partial charge on any atom is -0.497 e. The number of anilines is 1. The molecule has 1 aliphatic rings. The van der Waals surface area contributed by atoms with Gasteiger partial charge in [0, 0.05) is 35.0 Å². The minimum atomic E-state index is -0.366. The minimum absolute atomic E-state index is 0.168. The highest BCUT2D eigenvalue weighted by Gasteiger charge is 2.42. The van der Waals surface area contributed by atoms with Crippen LogP contribution in [0.3, 0.4) is 0 Å². The van der Waals surface area contributed by atoms with Gasteiger partial charge in [0.15, 0.2) is 5.11 Å². The highest BCUT2D eigenvalue weighted by Crippen LogP contribution is 2.44. The van der Waals surface area contributed by atoms with Crippen LogP contribution in [0.1, 0.15) is 45.1 Å². The molecule has 0 bridgehead atoms. The van der Waals surface area contributed by atoms with Crippen LogP contribution in [0.15, 0.2) is 79.0 Å². The first-order valence-electron chi connectivity index (χ1n) is 11.9. The molecule has 4 aromatic rings. The maximum atomic E-state index is 12.2. The monoisotopic (exact) mass is 512 g/mol. The third-order valence-electron chi connectivity index (χ3n) is 6.74. The van der Waals surface area contributed by atoms with Gasteiger partial charge in [0.1, 0.15) is 5.75 Å². The molecule has 0 aliphatic carbocycles. The lowest BCUT2D eigenvalue weighted by atomic mass is 9.96. The zero-order valence-electron chi connectivity index (χ0n) is 21.1. The Kier molecular flexibility index (Phi) is 6.67. The quantitative estimate of drug-likeness (QED) is 0.272. The van der Waals surface area contributed by atoms with Gasteiger partial charge >= 0.3 is 5.97 Å². The molecule has 37 heavy (non-hydrogen) atoms. The Hall–Kier alpha value is -4.17. The fourth-order valence-electron chi connectivity index (χ4n) is 5.08. The van der Waals surface area contributed by atoms with E-state index in [9.17, 15) is 4.79 Å². The van der Waals surface area contributed by atoms with Crippen molar-refractivity contribution in [3.8, 4) is 11.4 Å². The Balaban J connectivity index is 1.67. The zero-order valence-corrected chi connectivity index (χ0v) is 22.0. The number of carbonyl (C=O) groups is 1. The second kappa shape index (κ2) is 10.1. The van der Waals surface area contributed by atoms with E-state index in [1.807, 2.05) is 60.7 Å². The van der Waals surface area contributed by atoms with Crippen LogP contribution in [0.2, 0.25) is 0 Å². The van der Waals surface area contributed by atoms with Crippen molar-refractivity contribution >= 4 is 29.0 Å². The highest BCUT2D eigenvalue weighted by molar-refractivity contribution is 7.80. The van der Waals surface area contributed by atoms with Crippen LogP contribution in [0.5, 0.6) is 5.75 Å². The van der Waals surface area contributed by atoms with E-state index in [0.29, 0.717) is 10.7 Å². The van der Waals surface area contributed by atoms with Gasteiger partial charge < -0.3 is 24.3 Å². The van der Waals surface area contributed by atoms with E-state index in [2.05, 4.69) is 39.7 Å². The molecule has 0 radical (unpaired) electrons. The van der Waals surface area contributed by atoms with Gasteiger partial charge in [-0.25, -0.2) is 4.79 Å². The first-order chi connectivity index (χ1) is 17.9. The molecular weight excluding hydrogens is 484 g/mol. The Morgan fingerprint density at radius 2 is 1.76 bits per heavy atom. The number of aromatic nitrogens is 2. The first kappa shape index (κ1) is 24.5. The maximum absolute atomic E-state index is 12.2. The number of carbonyl (C=O) groups excluding carboxylic acids is 1. The third kappa shape index (κ3) is 4.44. The summed E-state index contributed by atoms with van der Waals surface area (Å²) in [5.41, 5.74) is 6.41. The molecule has 188 valence electrons. The lowest BCUT2D eigenvalue weighted by molar-refractivity contribution is 0.0600. The fourth-order valence-corrected chi connectivity index (χ4v) is 5.43. The molecule has 1 aliphatic heterocycles. The van der Waals surface area contributed by atoms with E-state index in [1.165, 1.54) is 7.11 Å². The van der Waals surface area contributed by atoms with Crippen LogP contribution in [-0.4, -0.2) is 34.9 Å². The summed E-state index contributed by atoms with van der Waals surface area (Å²) in [7, 11) is 3.05. The number of pyridine rings is 1. The molecule has 3 heterocycles. The molecule has 1 fully saturated rings. The van der Waals surface area contributed by atoms with Crippen LogP contribution in [0.4, 0.5) is 5.69 Å². The number of hydrogen-bond donors (Lipinski definition) is 1. The highest BCUT2D eigenvalue weighted by atomic mass is 32.1. The van der Waals surface area contributed by atoms with Gasteiger partial charge in [0.25, 0.3) is 0 Å². The van der Waals surface area contributed by atoms with E-state index in [-0.39, 0.29) is 18.1 Å². The maximum Gasteiger partial charge on any atom is 0.337 e. The number of nitrogens with one attached hydrogen (secondary N) is 1. The largest absolute Gasteiger partial charge is 0.497 e. The first-order valence-corrected chi connectivity index (χ1v) is 12.4. The summed E-state index contributed by atoms with van der Waals surface area (Å²) in [4.78, 5) is 19.0. The molecule has 2 aromatic heterocycles. The Morgan fingerprint density at radius 1 is 0.973 bits per heavy atom. The SMILES string of the molecule is COC(=O)c1cccc(-n2c(C)cc([C@H]3[C@@H](c4ccccn4)NC(=S)N3c3cccc(OC)c3)c2C)c1. The van der Waals surface area contributed by atoms with Gasteiger partial charge in [-0.1, -0.05) is 18.2 Å². The van der Waals surface area contributed by atoms with Crippen molar-refractivity contribution in [3.63, 3.8) is 0 Å². The van der Waals surface area contributed by atoms with Crippen molar-refractivity contribution in [2.24, 2.45) is 0 Å². The standard InChI is InChI=1S/C29H28N4O3S/c1-18-15-24(19(2)32(18)21-10-7-9-20(16-21)28(34)36-4)27-26(25-13-5-6-14-30-25)31-29(37)33(27)22-11-8-12-23(17-22)35-3/h5-17,26-27H,1-4H3,(H,31,37)/t26-,27+/m1/s1. The van der Waals surface area contributed by atoms with E-state index in [1.54, 1.807) is 19.4 Å². The van der Waals surface area contributed by atoms with Crippen molar-refractivity contribution in [1.82, 2.24) is 14.9 Å². The molecule has 1 saturated heterocycles. The average Bonchev–Trinajstić information content (AvgIpc) is 3.43.